The fourth-order valence-corrected chi connectivity index (χ4v) is 1.65. The molecule has 1 aromatic rings. The lowest BCUT2D eigenvalue weighted by molar-refractivity contribution is 0.0934. The number of hydrogen-bond donors (Lipinski definition) is 1. The largest absolute Gasteiger partial charge is 0.350 e. The number of hydrogen-bond acceptors (Lipinski definition) is 3. The van der Waals surface area contributed by atoms with Crippen LogP contribution in [-0.4, -0.2) is 17.4 Å². The molecule has 0 unspecified atom stereocenters. The number of aromatic nitrogens is 1. The molecule has 0 spiro atoms. The van der Waals surface area contributed by atoms with Crippen LogP contribution in [0.4, 0.5) is 0 Å². The number of carbonyl (C=O) groups is 1. The lowest BCUT2D eigenvalue weighted by Crippen LogP contribution is -2.32. The minimum absolute atomic E-state index is 0.191. The maximum absolute atomic E-state index is 11.7. The van der Waals surface area contributed by atoms with Crippen LogP contribution in [-0.2, 0) is 0 Å². The van der Waals surface area contributed by atoms with E-state index in [9.17, 15) is 4.79 Å². The third-order valence-corrected chi connectivity index (χ3v) is 2.90. The van der Waals surface area contributed by atoms with E-state index in [1.165, 1.54) is 31.5 Å². The van der Waals surface area contributed by atoms with Gasteiger partial charge in [-0.05, 0) is 30.9 Å². The fraction of sp³-hybridized carbons (Fsp3) is 0.417. The van der Waals surface area contributed by atoms with Crippen LogP contribution >= 0.6 is 0 Å². The first-order chi connectivity index (χ1) is 7.79. The number of amides is 1. The van der Waals surface area contributed by atoms with Crippen molar-refractivity contribution in [3.63, 3.8) is 0 Å². The molecule has 1 N–H and O–H groups in total. The van der Waals surface area contributed by atoms with Crippen molar-refractivity contribution >= 4 is 5.91 Å². The average Bonchev–Trinajstić information content (AvgIpc) is 2.27. The first kappa shape index (κ1) is 10.6. The van der Waals surface area contributed by atoms with Crippen molar-refractivity contribution < 1.29 is 4.79 Å². The molecule has 4 nitrogen and oxygen atoms in total. The SMILES string of the molecule is N#Cc1ccnc(C(=O)NCC2CCC2)c1. The molecule has 0 radical (unpaired) electrons. The molecule has 0 aliphatic heterocycles. The topological polar surface area (TPSA) is 65.8 Å². The van der Waals surface area contributed by atoms with E-state index in [0.29, 0.717) is 17.2 Å². The zero-order chi connectivity index (χ0) is 11.4. The third-order valence-electron chi connectivity index (χ3n) is 2.90. The Balaban J connectivity index is 1.94. The first-order valence-electron chi connectivity index (χ1n) is 5.44. The van der Waals surface area contributed by atoms with Gasteiger partial charge in [0.25, 0.3) is 5.91 Å². The molecule has 16 heavy (non-hydrogen) atoms. The smallest absolute Gasteiger partial charge is 0.269 e. The number of pyridine rings is 1. The summed E-state index contributed by atoms with van der Waals surface area (Å²) < 4.78 is 0. The van der Waals surface area contributed by atoms with E-state index in [1.807, 2.05) is 6.07 Å². The monoisotopic (exact) mass is 215 g/mol. The maximum atomic E-state index is 11.7. The summed E-state index contributed by atoms with van der Waals surface area (Å²) in [5.74, 6) is 0.437. The van der Waals surface area contributed by atoms with Gasteiger partial charge >= 0.3 is 0 Å². The molecule has 0 aromatic carbocycles. The van der Waals surface area contributed by atoms with Gasteiger partial charge in [0.1, 0.15) is 5.69 Å². The highest BCUT2D eigenvalue weighted by Crippen LogP contribution is 2.25. The number of nitrogens with one attached hydrogen (secondary N) is 1. The van der Waals surface area contributed by atoms with Gasteiger partial charge in [0.2, 0.25) is 0 Å². The van der Waals surface area contributed by atoms with Gasteiger partial charge in [0.15, 0.2) is 0 Å². The van der Waals surface area contributed by atoms with Crippen molar-refractivity contribution in [3.05, 3.63) is 29.6 Å². The Morgan fingerprint density at radius 3 is 3.06 bits per heavy atom. The Morgan fingerprint density at radius 2 is 2.44 bits per heavy atom. The van der Waals surface area contributed by atoms with Crippen molar-refractivity contribution in [2.75, 3.05) is 6.54 Å². The molecule has 1 aromatic heterocycles. The summed E-state index contributed by atoms with van der Waals surface area (Å²) in [5, 5.41) is 11.5. The van der Waals surface area contributed by atoms with Crippen molar-refractivity contribution in [1.29, 1.82) is 5.26 Å². The zero-order valence-electron chi connectivity index (χ0n) is 8.94. The summed E-state index contributed by atoms with van der Waals surface area (Å²) >= 11 is 0. The Morgan fingerprint density at radius 1 is 1.62 bits per heavy atom. The van der Waals surface area contributed by atoms with Crippen LogP contribution in [0.15, 0.2) is 18.3 Å². The highest BCUT2D eigenvalue weighted by atomic mass is 16.1. The van der Waals surface area contributed by atoms with Gasteiger partial charge in [-0.2, -0.15) is 5.26 Å². The van der Waals surface area contributed by atoms with Crippen LogP contribution in [0.1, 0.15) is 35.3 Å². The molecule has 0 saturated heterocycles. The number of rotatable bonds is 3. The molecule has 2 rings (SSSR count). The van der Waals surface area contributed by atoms with Crippen molar-refractivity contribution in [1.82, 2.24) is 10.3 Å². The van der Waals surface area contributed by atoms with Crippen LogP contribution in [0.5, 0.6) is 0 Å². The van der Waals surface area contributed by atoms with E-state index in [2.05, 4.69) is 10.3 Å². The standard InChI is InChI=1S/C12H13N3O/c13-7-10-4-5-14-11(6-10)12(16)15-8-9-2-1-3-9/h4-6,9H,1-3,8H2,(H,15,16). The predicted molar refractivity (Wildman–Crippen MR) is 58.6 cm³/mol. The first-order valence-corrected chi connectivity index (χ1v) is 5.44. The van der Waals surface area contributed by atoms with Gasteiger partial charge in [-0.1, -0.05) is 6.42 Å². The third kappa shape index (κ3) is 2.37. The number of nitrogens with zero attached hydrogens (tertiary/aromatic N) is 2. The second kappa shape index (κ2) is 4.75. The molecule has 0 bridgehead atoms. The van der Waals surface area contributed by atoms with E-state index in [4.69, 9.17) is 5.26 Å². The Bertz CT molecular complexity index is 432. The molecule has 1 amide bonds. The quantitative estimate of drug-likeness (QED) is 0.830. The normalized spacial score (nSPS) is 14.9. The molecule has 1 saturated carbocycles. The van der Waals surface area contributed by atoms with E-state index in [1.54, 1.807) is 6.07 Å². The minimum atomic E-state index is -0.191. The Kier molecular flexibility index (Phi) is 3.16. The van der Waals surface area contributed by atoms with Gasteiger partial charge in [-0.25, -0.2) is 0 Å². The summed E-state index contributed by atoms with van der Waals surface area (Å²) in [6.07, 6.45) is 5.15. The number of nitriles is 1. The lowest BCUT2D eigenvalue weighted by atomic mass is 9.85. The van der Waals surface area contributed by atoms with Crippen LogP contribution in [0.2, 0.25) is 0 Å². The van der Waals surface area contributed by atoms with Gasteiger partial charge in [0, 0.05) is 12.7 Å². The predicted octanol–water partition coefficient (Wildman–Crippen LogP) is 1.48. The van der Waals surface area contributed by atoms with Crippen LogP contribution in [0.25, 0.3) is 0 Å². The van der Waals surface area contributed by atoms with Gasteiger partial charge in [0.05, 0.1) is 11.6 Å². The molecule has 1 aliphatic carbocycles. The molecule has 82 valence electrons. The van der Waals surface area contributed by atoms with Crippen molar-refractivity contribution in [3.8, 4) is 6.07 Å². The van der Waals surface area contributed by atoms with Crippen molar-refractivity contribution in [2.24, 2.45) is 5.92 Å². The highest BCUT2D eigenvalue weighted by molar-refractivity contribution is 5.92. The van der Waals surface area contributed by atoms with Gasteiger partial charge < -0.3 is 5.32 Å². The van der Waals surface area contributed by atoms with Gasteiger partial charge in [-0.3, -0.25) is 9.78 Å². The average molecular weight is 215 g/mol. The maximum Gasteiger partial charge on any atom is 0.269 e. The summed E-state index contributed by atoms with van der Waals surface area (Å²) in [4.78, 5) is 15.6. The molecule has 1 heterocycles. The van der Waals surface area contributed by atoms with Crippen molar-refractivity contribution in [2.45, 2.75) is 19.3 Å². The summed E-state index contributed by atoms with van der Waals surface area (Å²) in [5.41, 5.74) is 0.780. The lowest BCUT2D eigenvalue weighted by Gasteiger charge is -2.25. The summed E-state index contributed by atoms with van der Waals surface area (Å²) in [7, 11) is 0. The summed E-state index contributed by atoms with van der Waals surface area (Å²) in [6.45, 7) is 0.720. The van der Waals surface area contributed by atoms with Gasteiger partial charge in [-0.15, -0.1) is 0 Å². The molecule has 0 atom stereocenters. The molecule has 1 aliphatic rings. The van der Waals surface area contributed by atoms with E-state index >= 15 is 0 Å². The second-order valence-corrected chi connectivity index (χ2v) is 4.05. The Labute approximate surface area is 94.3 Å². The van der Waals surface area contributed by atoms with Crippen LogP contribution in [0.3, 0.4) is 0 Å². The molecular formula is C12H13N3O. The number of carbonyl (C=O) groups excluding carboxylic acids is 1. The zero-order valence-corrected chi connectivity index (χ0v) is 8.94. The minimum Gasteiger partial charge on any atom is -0.350 e. The summed E-state index contributed by atoms with van der Waals surface area (Å²) in [6, 6.07) is 5.09. The Hall–Kier alpha value is -1.89. The second-order valence-electron chi connectivity index (χ2n) is 4.05. The highest BCUT2D eigenvalue weighted by Gasteiger charge is 2.18. The fourth-order valence-electron chi connectivity index (χ4n) is 1.65. The van der Waals surface area contributed by atoms with Crippen LogP contribution < -0.4 is 5.32 Å². The van der Waals surface area contributed by atoms with E-state index in [0.717, 1.165) is 6.54 Å². The van der Waals surface area contributed by atoms with E-state index in [-0.39, 0.29) is 5.91 Å². The molecular weight excluding hydrogens is 202 g/mol. The molecule has 4 heteroatoms. The van der Waals surface area contributed by atoms with E-state index < -0.39 is 0 Å². The molecule has 1 fully saturated rings. The van der Waals surface area contributed by atoms with Crippen LogP contribution in [0, 0.1) is 17.2 Å².